The summed E-state index contributed by atoms with van der Waals surface area (Å²) in [6.45, 7) is 2.95. The lowest BCUT2D eigenvalue weighted by Crippen LogP contribution is -2.46. The van der Waals surface area contributed by atoms with Gasteiger partial charge in [0.2, 0.25) is 0 Å². The van der Waals surface area contributed by atoms with E-state index in [0.29, 0.717) is 5.54 Å². The van der Waals surface area contributed by atoms with Gasteiger partial charge in [-0.25, -0.2) is 0 Å². The van der Waals surface area contributed by atoms with Gasteiger partial charge in [-0.1, -0.05) is 57.8 Å². The second-order valence-corrected chi connectivity index (χ2v) is 7.71. The van der Waals surface area contributed by atoms with Crippen LogP contribution in [0.5, 0.6) is 0 Å². The number of hydrogen-bond acceptors (Lipinski definition) is 3. The maximum Gasteiger partial charge on any atom is 0.0973 e. The van der Waals surface area contributed by atoms with Crippen LogP contribution in [-0.4, -0.2) is 31.0 Å². The molecule has 3 rings (SSSR count). The molecule has 3 aliphatic rings. The van der Waals surface area contributed by atoms with Gasteiger partial charge in [-0.05, 0) is 25.7 Å². The van der Waals surface area contributed by atoms with Crippen molar-refractivity contribution in [2.45, 2.75) is 94.6 Å². The van der Waals surface area contributed by atoms with E-state index in [4.69, 9.17) is 4.74 Å². The number of rotatable bonds is 0. The number of nitrogens with one attached hydrogen (secondary N) is 2. The molecule has 0 aromatic rings. The summed E-state index contributed by atoms with van der Waals surface area (Å²) in [5.74, 6) is 0. The van der Waals surface area contributed by atoms with Gasteiger partial charge in [-0.3, -0.25) is 5.32 Å². The fourth-order valence-electron chi connectivity index (χ4n) is 4.68. The highest BCUT2D eigenvalue weighted by atomic mass is 16.5. The second-order valence-electron chi connectivity index (χ2n) is 7.71. The van der Waals surface area contributed by atoms with Crippen molar-refractivity contribution in [3.63, 3.8) is 0 Å². The Kier molecular flexibility index (Phi) is 5.58. The van der Waals surface area contributed by atoms with Crippen LogP contribution >= 0.6 is 0 Å². The molecule has 1 aliphatic carbocycles. The van der Waals surface area contributed by atoms with Crippen molar-refractivity contribution in [3.05, 3.63) is 0 Å². The van der Waals surface area contributed by atoms with Crippen molar-refractivity contribution in [1.82, 2.24) is 10.6 Å². The van der Waals surface area contributed by atoms with Gasteiger partial charge in [-0.2, -0.15) is 0 Å². The van der Waals surface area contributed by atoms with Crippen molar-refractivity contribution in [2.75, 3.05) is 19.8 Å². The highest BCUT2D eigenvalue weighted by Gasteiger charge is 2.48. The van der Waals surface area contributed by atoms with E-state index in [1.165, 1.54) is 83.5 Å². The first kappa shape index (κ1) is 15.8. The standard InChI is InChI=1S/C18H34N2O/c1-2-4-6-8-10-17(11-9-7-5-3-1)14-18(15-20-17)12-13-19-16-21-18/h19-20H,1-16H2. The largest absolute Gasteiger partial charge is 0.358 e. The highest BCUT2D eigenvalue weighted by Crippen LogP contribution is 2.40. The summed E-state index contributed by atoms with van der Waals surface area (Å²) in [5, 5.41) is 7.26. The third-order valence-corrected chi connectivity index (χ3v) is 5.99. The van der Waals surface area contributed by atoms with Gasteiger partial charge in [0.25, 0.3) is 0 Å². The van der Waals surface area contributed by atoms with E-state index in [-0.39, 0.29) is 5.60 Å². The van der Waals surface area contributed by atoms with Crippen molar-refractivity contribution in [2.24, 2.45) is 0 Å². The zero-order chi connectivity index (χ0) is 14.4. The molecule has 1 saturated carbocycles. The van der Waals surface area contributed by atoms with E-state index in [2.05, 4.69) is 10.6 Å². The highest BCUT2D eigenvalue weighted by molar-refractivity contribution is 5.06. The van der Waals surface area contributed by atoms with E-state index < -0.39 is 0 Å². The zero-order valence-electron chi connectivity index (χ0n) is 13.7. The van der Waals surface area contributed by atoms with Gasteiger partial charge < -0.3 is 10.1 Å². The van der Waals surface area contributed by atoms with Crippen LogP contribution in [-0.2, 0) is 4.74 Å². The Morgan fingerprint density at radius 2 is 1.33 bits per heavy atom. The SMILES string of the molecule is C1CCCCCC2(CCCCC1)CC1(CCNCO1)CN2. The van der Waals surface area contributed by atoms with Crippen molar-refractivity contribution in [3.8, 4) is 0 Å². The Balaban J connectivity index is 1.59. The maximum absolute atomic E-state index is 6.15. The molecule has 0 radical (unpaired) electrons. The Hall–Kier alpha value is -0.120. The van der Waals surface area contributed by atoms with Crippen molar-refractivity contribution >= 4 is 0 Å². The molecule has 0 aromatic carbocycles. The summed E-state index contributed by atoms with van der Waals surface area (Å²) in [7, 11) is 0. The second kappa shape index (κ2) is 7.43. The molecule has 2 spiro atoms. The smallest absolute Gasteiger partial charge is 0.0973 e. The summed E-state index contributed by atoms with van der Waals surface area (Å²) < 4.78 is 6.15. The molecule has 2 heterocycles. The van der Waals surface area contributed by atoms with Gasteiger partial charge in [-0.15, -0.1) is 0 Å². The summed E-state index contributed by atoms with van der Waals surface area (Å²) in [6, 6.07) is 0. The van der Waals surface area contributed by atoms with Gasteiger partial charge in [0, 0.05) is 18.6 Å². The molecule has 0 bridgehead atoms. The Morgan fingerprint density at radius 3 is 1.90 bits per heavy atom. The molecule has 122 valence electrons. The minimum absolute atomic E-state index is 0.141. The molecule has 3 nitrogen and oxygen atoms in total. The van der Waals surface area contributed by atoms with Crippen LogP contribution in [0.25, 0.3) is 0 Å². The predicted molar refractivity (Wildman–Crippen MR) is 87.4 cm³/mol. The molecule has 2 aliphatic heterocycles. The average Bonchev–Trinajstić information content (AvgIpc) is 2.83. The molecule has 21 heavy (non-hydrogen) atoms. The zero-order valence-corrected chi connectivity index (χ0v) is 13.7. The molecule has 3 heteroatoms. The summed E-state index contributed by atoms with van der Waals surface area (Å²) in [5.41, 5.74) is 0.527. The lowest BCUT2D eigenvalue weighted by molar-refractivity contribution is -0.0743. The van der Waals surface area contributed by atoms with Crippen LogP contribution in [0.1, 0.15) is 83.5 Å². The van der Waals surface area contributed by atoms with E-state index in [1.807, 2.05) is 0 Å². The minimum Gasteiger partial charge on any atom is -0.358 e. The van der Waals surface area contributed by atoms with E-state index in [1.54, 1.807) is 0 Å². The van der Waals surface area contributed by atoms with Crippen LogP contribution < -0.4 is 10.6 Å². The molecule has 1 atom stereocenters. The van der Waals surface area contributed by atoms with Gasteiger partial charge >= 0.3 is 0 Å². The Bertz CT molecular complexity index is 300. The number of hydrogen-bond donors (Lipinski definition) is 2. The Morgan fingerprint density at radius 1 is 0.714 bits per heavy atom. The first-order valence-electron chi connectivity index (χ1n) is 9.42. The fourth-order valence-corrected chi connectivity index (χ4v) is 4.68. The normalized spacial score (nSPS) is 35.4. The summed E-state index contributed by atoms with van der Waals surface area (Å²) >= 11 is 0. The average molecular weight is 294 g/mol. The number of ether oxygens (including phenoxy) is 1. The van der Waals surface area contributed by atoms with Crippen LogP contribution in [0.2, 0.25) is 0 Å². The molecular formula is C18H34N2O. The van der Waals surface area contributed by atoms with Crippen LogP contribution in [0.4, 0.5) is 0 Å². The van der Waals surface area contributed by atoms with Crippen LogP contribution in [0.3, 0.4) is 0 Å². The third kappa shape index (κ3) is 4.20. The van der Waals surface area contributed by atoms with E-state index in [0.717, 1.165) is 19.8 Å². The van der Waals surface area contributed by atoms with Gasteiger partial charge in [0.05, 0.1) is 12.3 Å². The molecular weight excluding hydrogens is 260 g/mol. The fraction of sp³-hybridized carbons (Fsp3) is 1.00. The van der Waals surface area contributed by atoms with Crippen LogP contribution in [0.15, 0.2) is 0 Å². The van der Waals surface area contributed by atoms with E-state index in [9.17, 15) is 0 Å². The van der Waals surface area contributed by atoms with E-state index >= 15 is 0 Å². The van der Waals surface area contributed by atoms with Crippen molar-refractivity contribution in [1.29, 1.82) is 0 Å². The first-order chi connectivity index (χ1) is 10.3. The van der Waals surface area contributed by atoms with Gasteiger partial charge in [0.1, 0.15) is 0 Å². The van der Waals surface area contributed by atoms with Crippen molar-refractivity contribution < 1.29 is 4.74 Å². The molecule has 3 fully saturated rings. The maximum atomic E-state index is 6.15. The summed E-state index contributed by atoms with van der Waals surface area (Å²) in [4.78, 5) is 0. The first-order valence-corrected chi connectivity index (χ1v) is 9.42. The van der Waals surface area contributed by atoms with Gasteiger partial charge in [0.15, 0.2) is 0 Å². The molecule has 1 unspecified atom stereocenters. The van der Waals surface area contributed by atoms with Crippen LogP contribution in [0, 0.1) is 0 Å². The lowest BCUT2D eigenvalue weighted by atomic mass is 9.80. The monoisotopic (exact) mass is 294 g/mol. The molecule has 2 saturated heterocycles. The molecule has 0 aromatic heterocycles. The summed E-state index contributed by atoms with van der Waals surface area (Å²) in [6.07, 6.45) is 18.1. The minimum atomic E-state index is 0.141. The third-order valence-electron chi connectivity index (χ3n) is 5.99. The lowest BCUT2D eigenvalue weighted by Gasteiger charge is -2.36. The molecule has 0 amide bonds. The Labute approximate surface area is 130 Å². The molecule has 2 N–H and O–H groups in total. The quantitative estimate of drug-likeness (QED) is 0.714. The predicted octanol–water partition coefficient (Wildman–Crippen LogP) is 3.73. The topological polar surface area (TPSA) is 33.3 Å².